The summed E-state index contributed by atoms with van der Waals surface area (Å²) >= 11 is 0. The Balaban J connectivity index is 1.25. The summed E-state index contributed by atoms with van der Waals surface area (Å²) in [5, 5.41) is 23.9. The molecule has 0 spiro atoms. The summed E-state index contributed by atoms with van der Waals surface area (Å²) in [6.07, 6.45) is 4.36. The molecule has 2 aromatic carbocycles. The average Bonchev–Trinajstić information content (AvgIpc) is 3.41. The van der Waals surface area contributed by atoms with Crippen molar-refractivity contribution in [3.8, 4) is 17.6 Å². The van der Waals surface area contributed by atoms with Crippen LogP contribution in [0.2, 0.25) is 0 Å². The molecule has 3 aromatic rings. The Morgan fingerprint density at radius 3 is 2.52 bits per heavy atom. The van der Waals surface area contributed by atoms with Crippen LogP contribution >= 0.6 is 0 Å². The van der Waals surface area contributed by atoms with E-state index >= 15 is 0 Å². The number of aliphatic hydroxyl groups is 1. The zero-order valence-electron chi connectivity index (χ0n) is 23.3. The summed E-state index contributed by atoms with van der Waals surface area (Å²) < 4.78 is 25.7. The van der Waals surface area contributed by atoms with E-state index in [9.17, 15) is 19.5 Å². The first kappa shape index (κ1) is 29.5. The number of aromatic nitrogens is 1. The van der Waals surface area contributed by atoms with Gasteiger partial charge in [0.2, 0.25) is 0 Å². The molecular weight excluding hydrogens is 511 g/mol. The molecule has 1 fully saturated rings. The van der Waals surface area contributed by atoms with E-state index in [1.54, 1.807) is 18.2 Å². The van der Waals surface area contributed by atoms with E-state index in [2.05, 4.69) is 17.0 Å². The van der Waals surface area contributed by atoms with Crippen LogP contribution in [-0.2, 0) is 23.1 Å². The molecule has 8 heteroatoms. The minimum absolute atomic E-state index is 0.00575. The molecule has 40 heavy (non-hydrogen) atoms. The van der Waals surface area contributed by atoms with E-state index in [0.29, 0.717) is 42.3 Å². The fraction of sp³-hybridized carbons (Fsp3) is 0.438. The summed E-state index contributed by atoms with van der Waals surface area (Å²) in [6, 6.07) is 13.6. The molecule has 0 unspecified atom stereocenters. The Labute approximate surface area is 235 Å². The van der Waals surface area contributed by atoms with Crippen LogP contribution in [0.3, 0.4) is 0 Å². The molecule has 212 valence electrons. The number of nitrogens with zero attached hydrogens (tertiary/aromatic N) is 2. The second-order valence-corrected chi connectivity index (χ2v) is 11.2. The molecule has 2 heterocycles. The molecular formula is C32H38FN2O5+. The number of likely N-dealkylation sites (tertiary alicyclic amines) is 1. The van der Waals surface area contributed by atoms with E-state index in [0.717, 1.165) is 31.5 Å². The van der Waals surface area contributed by atoms with Crippen molar-refractivity contribution in [3.63, 3.8) is 0 Å². The van der Waals surface area contributed by atoms with Crippen LogP contribution in [0.5, 0.6) is 5.75 Å². The number of hydroxylamine groups is 3. The fourth-order valence-corrected chi connectivity index (χ4v) is 4.69. The van der Waals surface area contributed by atoms with Gasteiger partial charge in [0.15, 0.2) is 0 Å². The largest absolute Gasteiger partial charge is 0.493 e. The molecule has 0 radical (unpaired) electrons. The first-order valence-corrected chi connectivity index (χ1v) is 13.9. The minimum Gasteiger partial charge on any atom is -0.493 e. The normalized spacial score (nSPS) is 14.8. The van der Waals surface area contributed by atoms with Crippen molar-refractivity contribution in [1.82, 2.24) is 5.16 Å². The van der Waals surface area contributed by atoms with E-state index in [4.69, 9.17) is 9.26 Å². The molecule has 1 aliphatic heterocycles. The standard InChI is InChI=1S/C32H38FN2O5/c1-32(2,23-36)31-21-27(34-40-31)20-28(37)19-25-9-7-24(8-10-25)11-12-26-13-14-29(22-30(26)33)39-18-6-17-35(38)15-4-3-5-16-35/h7-10,13-14,21-22,36,38H,3-6,15-20,23H2,1-2H3/q+1. The maximum Gasteiger partial charge on any atom is 0.144 e. The Kier molecular flexibility index (Phi) is 9.75. The Bertz CT molecular complexity index is 1350. The lowest BCUT2D eigenvalue weighted by Crippen LogP contribution is -2.49. The van der Waals surface area contributed by atoms with Gasteiger partial charge in [0, 0.05) is 36.0 Å². The monoisotopic (exact) mass is 549 g/mol. The predicted molar refractivity (Wildman–Crippen MR) is 148 cm³/mol. The Morgan fingerprint density at radius 1 is 1.07 bits per heavy atom. The number of ketones is 1. The minimum atomic E-state index is -0.553. The molecule has 0 bridgehead atoms. The number of aliphatic hydroxyl groups excluding tert-OH is 1. The van der Waals surface area contributed by atoms with Gasteiger partial charge in [-0.15, -0.1) is 0 Å². The van der Waals surface area contributed by atoms with E-state index in [1.807, 2.05) is 38.1 Å². The molecule has 4 rings (SSSR count). The van der Waals surface area contributed by atoms with Gasteiger partial charge in [0.1, 0.15) is 42.7 Å². The van der Waals surface area contributed by atoms with Crippen LogP contribution in [0.4, 0.5) is 4.39 Å². The number of ether oxygens (including phenoxy) is 1. The number of benzene rings is 2. The molecule has 1 saturated heterocycles. The lowest BCUT2D eigenvalue weighted by Gasteiger charge is -2.33. The van der Waals surface area contributed by atoms with Gasteiger partial charge in [-0.3, -0.25) is 4.79 Å². The van der Waals surface area contributed by atoms with Crippen LogP contribution in [-0.4, -0.2) is 58.7 Å². The number of piperidine rings is 1. The lowest BCUT2D eigenvalue weighted by molar-refractivity contribution is -1.10. The van der Waals surface area contributed by atoms with Gasteiger partial charge in [0.25, 0.3) is 0 Å². The number of hydrogen-bond acceptors (Lipinski definition) is 6. The summed E-state index contributed by atoms with van der Waals surface area (Å²) in [7, 11) is 0. The Morgan fingerprint density at radius 2 is 1.82 bits per heavy atom. The quantitative estimate of drug-likeness (QED) is 0.199. The van der Waals surface area contributed by atoms with Crippen molar-refractivity contribution in [1.29, 1.82) is 0 Å². The highest BCUT2D eigenvalue weighted by Crippen LogP contribution is 2.23. The number of hydrogen-bond donors (Lipinski definition) is 2. The smallest absolute Gasteiger partial charge is 0.144 e. The number of rotatable bonds is 11. The molecule has 1 aliphatic rings. The first-order valence-electron chi connectivity index (χ1n) is 13.9. The highest BCUT2D eigenvalue weighted by Gasteiger charge is 2.27. The summed E-state index contributed by atoms with van der Waals surface area (Å²) in [4.78, 5) is 12.5. The maximum atomic E-state index is 14.6. The van der Waals surface area contributed by atoms with Crippen LogP contribution in [0.15, 0.2) is 53.1 Å². The van der Waals surface area contributed by atoms with Crippen molar-refractivity contribution in [2.24, 2.45) is 0 Å². The highest BCUT2D eigenvalue weighted by atomic mass is 19.1. The average molecular weight is 550 g/mol. The zero-order chi connectivity index (χ0) is 28.6. The molecule has 2 N–H and O–H groups in total. The van der Waals surface area contributed by atoms with Crippen molar-refractivity contribution >= 4 is 5.78 Å². The molecule has 1 aromatic heterocycles. The summed E-state index contributed by atoms with van der Waals surface area (Å²) in [5.41, 5.74) is 1.82. The van der Waals surface area contributed by atoms with Crippen LogP contribution in [0, 0.1) is 17.7 Å². The van der Waals surface area contributed by atoms with Crippen LogP contribution in [0.25, 0.3) is 0 Å². The number of quaternary nitrogens is 1. The Hall–Kier alpha value is -3.51. The number of carbonyl (C=O) groups is 1. The molecule has 0 saturated carbocycles. The van der Waals surface area contributed by atoms with Gasteiger partial charge in [-0.25, -0.2) is 9.60 Å². The second kappa shape index (κ2) is 13.2. The second-order valence-electron chi connectivity index (χ2n) is 11.2. The van der Waals surface area contributed by atoms with Crippen molar-refractivity contribution < 1.29 is 33.4 Å². The lowest BCUT2D eigenvalue weighted by atomic mass is 9.91. The number of carbonyl (C=O) groups excluding carboxylic acids is 1. The van der Waals surface area contributed by atoms with Crippen LogP contribution in [0.1, 0.15) is 67.7 Å². The highest BCUT2D eigenvalue weighted by molar-refractivity contribution is 5.82. The summed E-state index contributed by atoms with van der Waals surface area (Å²) in [6.45, 7) is 6.25. The third kappa shape index (κ3) is 8.25. The van der Waals surface area contributed by atoms with Crippen molar-refractivity contribution in [2.45, 2.75) is 57.8 Å². The van der Waals surface area contributed by atoms with E-state index in [-0.39, 0.29) is 35.4 Å². The molecule has 0 aliphatic carbocycles. The molecule has 7 nitrogen and oxygen atoms in total. The van der Waals surface area contributed by atoms with Gasteiger partial charge in [-0.1, -0.05) is 43.0 Å². The molecule has 0 amide bonds. The third-order valence-corrected chi connectivity index (χ3v) is 7.27. The van der Waals surface area contributed by atoms with Gasteiger partial charge >= 0.3 is 0 Å². The van der Waals surface area contributed by atoms with E-state index < -0.39 is 11.2 Å². The predicted octanol–water partition coefficient (Wildman–Crippen LogP) is 5.00. The number of Topliss-reactive ketones (excluding diaryl/α,β-unsaturated/α-hetero) is 1. The van der Waals surface area contributed by atoms with Crippen molar-refractivity contribution in [3.05, 3.63) is 82.5 Å². The summed E-state index contributed by atoms with van der Waals surface area (Å²) in [5.74, 6) is 6.36. The van der Waals surface area contributed by atoms with Gasteiger partial charge < -0.3 is 14.4 Å². The fourth-order valence-electron chi connectivity index (χ4n) is 4.69. The van der Waals surface area contributed by atoms with Crippen molar-refractivity contribution in [2.75, 3.05) is 32.8 Å². The van der Waals surface area contributed by atoms with E-state index in [1.165, 1.54) is 12.5 Å². The van der Waals surface area contributed by atoms with Gasteiger partial charge in [0.05, 0.1) is 30.9 Å². The van der Waals surface area contributed by atoms with Gasteiger partial charge in [-0.05, 0) is 49.1 Å². The SMILES string of the molecule is CC(C)(CO)c1cc(CC(=O)Cc2ccc(C#Cc3ccc(OCCC[N+]4(O)CCCCC4)cc3F)cc2)no1. The topological polar surface area (TPSA) is 92.8 Å². The number of halogens is 1. The third-order valence-electron chi connectivity index (χ3n) is 7.27. The molecule has 0 atom stereocenters. The first-order chi connectivity index (χ1) is 19.2. The zero-order valence-corrected chi connectivity index (χ0v) is 23.3. The maximum absolute atomic E-state index is 14.6. The van der Waals surface area contributed by atoms with Crippen LogP contribution < -0.4 is 4.74 Å². The van der Waals surface area contributed by atoms with Gasteiger partial charge in [-0.2, -0.15) is 4.65 Å².